The number of amides is 1. The molecular formula is C20H26N4O4. The third-order valence-corrected chi connectivity index (χ3v) is 5.33. The molecule has 0 spiro atoms. The molecule has 8 heteroatoms. The van der Waals surface area contributed by atoms with E-state index in [4.69, 9.17) is 14.6 Å². The van der Waals surface area contributed by atoms with Gasteiger partial charge in [0.25, 0.3) is 5.91 Å². The van der Waals surface area contributed by atoms with Crippen LogP contribution in [0.1, 0.15) is 42.1 Å². The number of fused-ring (bicyclic) bond motifs is 1. The fourth-order valence-corrected chi connectivity index (χ4v) is 3.77. The number of aromatic nitrogens is 2. The highest BCUT2D eigenvalue weighted by molar-refractivity contribution is 6.04. The molecule has 2 aromatic rings. The van der Waals surface area contributed by atoms with Crippen LogP contribution >= 0.6 is 0 Å². The molecule has 1 aromatic heterocycles. The van der Waals surface area contributed by atoms with Crippen molar-refractivity contribution in [1.82, 2.24) is 14.7 Å². The van der Waals surface area contributed by atoms with Crippen LogP contribution in [0, 0.1) is 0 Å². The van der Waals surface area contributed by atoms with Crippen LogP contribution in [0.15, 0.2) is 30.5 Å². The van der Waals surface area contributed by atoms with Crippen molar-refractivity contribution in [2.45, 2.75) is 31.7 Å². The fraction of sp³-hybridized carbons (Fsp3) is 0.500. The zero-order chi connectivity index (χ0) is 19.3. The van der Waals surface area contributed by atoms with Crippen LogP contribution in [-0.4, -0.2) is 58.7 Å². The lowest BCUT2D eigenvalue weighted by atomic mass is 10.0. The molecule has 8 nitrogen and oxygen atoms in total. The van der Waals surface area contributed by atoms with Crippen molar-refractivity contribution in [2.24, 2.45) is 0 Å². The Morgan fingerprint density at radius 1 is 1.18 bits per heavy atom. The number of ether oxygens (including phenoxy) is 2. The second-order valence-electron chi connectivity index (χ2n) is 7.19. The highest BCUT2D eigenvalue weighted by Crippen LogP contribution is 2.33. The van der Waals surface area contributed by atoms with E-state index >= 15 is 0 Å². The third kappa shape index (κ3) is 4.13. The molecule has 1 saturated heterocycles. The van der Waals surface area contributed by atoms with Gasteiger partial charge in [0.2, 0.25) is 6.79 Å². The normalized spacial score (nSPS) is 17.0. The summed E-state index contributed by atoms with van der Waals surface area (Å²) in [4.78, 5) is 15.1. The number of hydrogen-bond donors (Lipinski definition) is 2. The van der Waals surface area contributed by atoms with Crippen LogP contribution in [0.5, 0.6) is 11.5 Å². The number of aliphatic hydroxyl groups excluding tert-OH is 1. The van der Waals surface area contributed by atoms with Gasteiger partial charge in [0.15, 0.2) is 11.5 Å². The average molecular weight is 386 g/mol. The number of unbranched alkanes of at least 4 members (excludes halogenated alkanes) is 1. The molecule has 2 aliphatic rings. The summed E-state index contributed by atoms with van der Waals surface area (Å²) in [6, 6.07) is 7.29. The SMILES string of the molecule is O=C(Nc1ccnn1C1CCN(CCCCO)CC1)c1ccc2c(c1)OCO2. The van der Waals surface area contributed by atoms with Crippen molar-refractivity contribution < 1.29 is 19.4 Å². The molecule has 0 saturated carbocycles. The van der Waals surface area contributed by atoms with E-state index < -0.39 is 0 Å². The monoisotopic (exact) mass is 386 g/mol. The topological polar surface area (TPSA) is 88.9 Å². The van der Waals surface area contributed by atoms with Crippen LogP contribution in [0.3, 0.4) is 0 Å². The van der Waals surface area contributed by atoms with Crippen molar-refractivity contribution in [3.05, 3.63) is 36.0 Å². The first-order valence-electron chi connectivity index (χ1n) is 9.82. The first-order valence-corrected chi connectivity index (χ1v) is 9.82. The summed E-state index contributed by atoms with van der Waals surface area (Å²) in [6.45, 7) is 3.49. The molecule has 0 radical (unpaired) electrons. The molecule has 0 atom stereocenters. The summed E-state index contributed by atoms with van der Waals surface area (Å²) >= 11 is 0. The Morgan fingerprint density at radius 3 is 2.82 bits per heavy atom. The minimum atomic E-state index is -0.193. The molecule has 1 amide bonds. The Balaban J connectivity index is 1.36. The summed E-state index contributed by atoms with van der Waals surface area (Å²) in [5.41, 5.74) is 0.524. The number of hydrogen-bond acceptors (Lipinski definition) is 6. The number of piperidine rings is 1. The molecule has 28 heavy (non-hydrogen) atoms. The molecule has 1 fully saturated rings. The highest BCUT2D eigenvalue weighted by Gasteiger charge is 2.23. The lowest BCUT2D eigenvalue weighted by Gasteiger charge is -2.32. The third-order valence-electron chi connectivity index (χ3n) is 5.33. The van der Waals surface area contributed by atoms with Gasteiger partial charge in [-0.1, -0.05) is 0 Å². The number of likely N-dealkylation sites (tertiary alicyclic amines) is 1. The zero-order valence-corrected chi connectivity index (χ0v) is 15.8. The van der Waals surface area contributed by atoms with Gasteiger partial charge in [-0.3, -0.25) is 4.79 Å². The van der Waals surface area contributed by atoms with Crippen LogP contribution < -0.4 is 14.8 Å². The zero-order valence-electron chi connectivity index (χ0n) is 15.8. The number of aliphatic hydroxyl groups is 1. The maximum Gasteiger partial charge on any atom is 0.256 e. The van der Waals surface area contributed by atoms with Crippen molar-refractivity contribution >= 4 is 11.7 Å². The second kappa shape index (κ2) is 8.62. The fourth-order valence-electron chi connectivity index (χ4n) is 3.77. The van der Waals surface area contributed by atoms with Gasteiger partial charge in [-0.25, -0.2) is 4.68 Å². The highest BCUT2D eigenvalue weighted by atomic mass is 16.7. The van der Waals surface area contributed by atoms with E-state index in [0.29, 0.717) is 22.9 Å². The van der Waals surface area contributed by atoms with E-state index in [0.717, 1.165) is 45.3 Å². The number of benzene rings is 1. The largest absolute Gasteiger partial charge is 0.454 e. The van der Waals surface area contributed by atoms with Crippen molar-refractivity contribution in [3.8, 4) is 11.5 Å². The van der Waals surface area contributed by atoms with Gasteiger partial charge in [0.05, 0.1) is 12.2 Å². The van der Waals surface area contributed by atoms with E-state index in [1.807, 2.05) is 10.7 Å². The first kappa shape index (κ1) is 18.8. The summed E-state index contributed by atoms with van der Waals surface area (Å²) in [6.07, 6.45) is 5.60. The Morgan fingerprint density at radius 2 is 2.00 bits per heavy atom. The minimum Gasteiger partial charge on any atom is -0.454 e. The number of rotatable bonds is 7. The van der Waals surface area contributed by atoms with Crippen LogP contribution in [0.25, 0.3) is 0 Å². The van der Waals surface area contributed by atoms with Crippen LogP contribution in [0.4, 0.5) is 5.82 Å². The van der Waals surface area contributed by atoms with Crippen molar-refractivity contribution in [2.75, 3.05) is 38.4 Å². The van der Waals surface area contributed by atoms with Gasteiger partial charge in [-0.15, -0.1) is 0 Å². The number of carbonyl (C=O) groups is 1. The van der Waals surface area contributed by atoms with Gasteiger partial charge < -0.3 is 24.8 Å². The van der Waals surface area contributed by atoms with E-state index in [1.165, 1.54) is 0 Å². The molecule has 150 valence electrons. The molecule has 0 unspecified atom stereocenters. The first-order chi connectivity index (χ1) is 13.7. The van der Waals surface area contributed by atoms with Crippen LogP contribution in [-0.2, 0) is 0 Å². The summed E-state index contributed by atoms with van der Waals surface area (Å²) < 4.78 is 12.6. The number of nitrogens with one attached hydrogen (secondary N) is 1. The lowest BCUT2D eigenvalue weighted by molar-refractivity contribution is 0.102. The summed E-state index contributed by atoms with van der Waals surface area (Å²) in [7, 11) is 0. The van der Waals surface area contributed by atoms with Gasteiger partial charge in [0, 0.05) is 31.3 Å². The standard InChI is InChI=1S/C20H26N4O4/c25-12-2-1-9-23-10-6-16(7-11-23)24-19(5-8-21-24)22-20(26)15-3-4-17-18(13-15)28-14-27-17/h3-5,8,13,16,25H,1-2,6-7,9-12,14H2,(H,22,26). The Hall–Kier alpha value is -2.58. The number of nitrogens with zero attached hydrogens (tertiary/aromatic N) is 3. The number of anilines is 1. The second-order valence-corrected chi connectivity index (χ2v) is 7.19. The van der Waals surface area contributed by atoms with E-state index in [-0.39, 0.29) is 25.3 Å². The Labute approximate surface area is 164 Å². The lowest BCUT2D eigenvalue weighted by Crippen LogP contribution is -2.36. The van der Waals surface area contributed by atoms with E-state index in [2.05, 4.69) is 15.3 Å². The van der Waals surface area contributed by atoms with Gasteiger partial charge in [-0.05, 0) is 50.4 Å². The Bertz CT molecular complexity index is 814. The predicted molar refractivity (Wildman–Crippen MR) is 104 cm³/mol. The predicted octanol–water partition coefficient (Wildman–Crippen LogP) is 2.27. The molecule has 0 aliphatic carbocycles. The van der Waals surface area contributed by atoms with Gasteiger partial charge in [0.1, 0.15) is 5.82 Å². The molecule has 0 bridgehead atoms. The maximum atomic E-state index is 12.7. The van der Waals surface area contributed by atoms with E-state index in [9.17, 15) is 4.79 Å². The smallest absolute Gasteiger partial charge is 0.256 e. The Kier molecular flexibility index (Phi) is 5.78. The summed E-state index contributed by atoms with van der Waals surface area (Å²) in [5.74, 6) is 1.77. The quantitative estimate of drug-likeness (QED) is 0.710. The van der Waals surface area contributed by atoms with Crippen molar-refractivity contribution in [1.29, 1.82) is 0 Å². The van der Waals surface area contributed by atoms with Crippen molar-refractivity contribution in [3.63, 3.8) is 0 Å². The van der Waals surface area contributed by atoms with Crippen LogP contribution in [0.2, 0.25) is 0 Å². The molecule has 2 N–H and O–H groups in total. The molecule has 2 aliphatic heterocycles. The molecule has 1 aromatic carbocycles. The summed E-state index contributed by atoms with van der Waals surface area (Å²) in [5, 5.41) is 16.3. The average Bonchev–Trinajstić information content (AvgIpc) is 3.37. The van der Waals surface area contributed by atoms with E-state index in [1.54, 1.807) is 24.4 Å². The number of carbonyl (C=O) groups excluding carboxylic acids is 1. The molecular weight excluding hydrogens is 360 g/mol. The maximum absolute atomic E-state index is 12.7. The molecule has 3 heterocycles. The van der Waals surface area contributed by atoms with Gasteiger partial charge in [-0.2, -0.15) is 5.10 Å². The van der Waals surface area contributed by atoms with Gasteiger partial charge >= 0.3 is 0 Å². The minimum absolute atomic E-state index is 0.186. The molecule has 4 rings (SSSR count).